The van der Waals surface area contributed by atoms with Crippen LogP contribution in [0.4, 0.5) is 0 Å². The van der Waals surface area contributed by atoms with Gasteiger partial charge in [0.05, 0.1) is 0 Å². The lowest BCUT2D eigenvalue weighted by atomic mass is 10.2. The Balaban J connectivity index is 1.67. The molecule has 0 atom stereocenters. The number of piperazine rings is 1. The predicted molar refractivity (Wildman–Crippen MR) is 93.7 cm³/mol. The minimum Gasteiger partial charge on any atom is -0.206 e. The molecule has 0 aliphatic carbocycles. The molecule has 1 aromatic heterocycles. The van der Waals surface area contributed by atoms with E-state index < -0.39 is 20.2 Å². The summed E-state index contributed by atoms with van der Waals surface area (Å²) < 4.78 is 55.2. The molecule has 0 saturated carbocycles. The summed E-state index contributed by atoms with van der Waals surface area (Å²) >= 11 is 1.25. The molecule has 0 unspecified atom stereocenters. The quantitative estimate of drug-likeness (QED) is 0.767. The minimum atomic E-state index is -3.52. The Morgan fingerprint density at radius 1 is 0.792 bits per heavy atom. The van der Waals surface area contributed by atoms with Gasteiger partial charge in [0.15, 0.2) is 0 Å². The highest BCUT2D eigenvalue weighted by Crippen LogP contribution is 2.26. The van der Waals surface area contributed by atoms with E-state index in [1.165, 1.54) is 24.3 Å². The Bertz CT molecular complexity index is 774. The Hall–Kier alpha value is -0.520. The van der Waals surface area contributed by atoms with Gasteiger partial charge >= 0.3 is 0 Å². The molecule has 2 aliphatic rings. The van der Waals surface area contributed by atoms with E-state index in [9.17, 15) is 16.8 Å². The molecule has 0 amide bonds. The second kappa shape index (κ2) is 7.00. The smallest absolute Gasteiger partial charge is 0.206 e. The summed E-state index contributed by atoms with van der Waals surface area (Å²) in [6.07, 6.45) is 2.86. The molecule has 136 valence electrons. The molecule has 24 heavy (non-hydrogen) atoms. The number of hydrogen-bond acceptors (Lipinski definition) is 5. The second-order valence-electron chi connectivity index (χ2n) is 6.14. The number of rotatable bonds is 4. The van der Waals surface area contributed by atoms with Crippen molar-refractivity contribution in [2.24, 2.45) is 0 Å². The normalized spacial score (nSPS) is 22.7. The van der Waals surface area contributed by atoms with Gasteiger partial charge < -0.3 is 0 Å². The Kier molecular flexibility index (Phi) is 5.33. The lowest BCUT2D eigenvalue weighted by Gasteiger charge is -2.37. The van der Waals surface area contributed by atoms with Crippen LogP contribution in [0.2, 0.25) is 0 Å². The number of hydrogen-bond donors (Lipinski definition) is 0. The highest BCUT2D eigenvalue weighted by atomic mass is 32.2. The average molecular weight is 394 g/mol. The van der Waals surface area contributed by atoms with Crippen LogP contribution in [-0.2, 0) is 20.2 Å². The van der Waals surface area contributed by atoms with Crippen molar-refractivity contribution in [1.82, 2.24) is 12.9 Å². The van der Waals surface area contributed by atoms with E-state index in [1.54, 1.807) is 12.1 Å². The molecule has 3 heterocycles. The van der Waals surface area contributed by atoms with E-state index in [2.05, 4.69) is 0 Å². The van der Waals surface area contributed by atoms with Crippen molar-refractivity contribution in [3.63, 3.8) is 0 Å². The van der Waals surface area contributed by atoms with Gasteiger partial charge in [0.2, 0.25) is 0 Å². The fourth-order valence-electron chi connectivity index (χ4n) is 3.08. The topological polar surface area (TPSA) is 78.0 Å². The van der Waals surface area contributed by atoms with Crippen LogP contribution in [0.1, 0.15) is 24.1 Å². The molecule has 0 spiro atoms. The summed E-state index contributed by atoms with van der Waals surface area (Å²) in [6, 6.07) is 3.40. The lowest BCUT2D eigenvalue weighted by Crippen LogP contribution is -2.54. The fraction of sp³-hybridized carbons (Fsp3) is 0.714. The van der Waals surface area contributed by atoms with Crippen molar-refractivity contribution >= 4 is 31.6 Å². The van der Waals surface area contributed by atoms with Gasteiger partial charge in [-0.15, -0.1) is 11.3 Å². The summed E-state index contributed by atoms with van der Waals surface area (Å²) in [7, 11) is -6.98. The number of thiophene rings is 1. The maximum Gasteiger partial charge on any atom is 0.282 e. The van der Waals surface area contributed by atoms with E-state index in [-0.39, 0.29) is 26.2 Å². The summed E-state index contributed by atoms with van der Waals surface area (Å²) in [6.45, 7) is 3.82. The fourth-order valence-corrected chi connectivity index (χ4v) is 7.61. The number of aryl methyl sites for hydroxylation is 1. The molecule has 2 saturated heterocycles. The Morgan fingerprint density at radius 2 is 1.33 bits per heavy atom. The highest BCUT2D eigenvalue weighted by molar-refractivity contribution is 7.91. The van der Waals surface area contributed by atoms with Gasteiger partial charge in [-0.2, -0.15) is 21.3 Å². The largest absolute Gasteiger partial charge is 0.282 e. The van der Waals surface area contributed by atoms with Gasteiger partial charge in [-0.3, -0.25) is 0 Å². The van der Waals surface area contributed by atoms with Gasteiger partial charge in [-0.05, 0) is 31.9 Å². The van der Waals surface area contributed by atoms with Crippen LogP contribution in [0.3, 0.4) is 0 Å². The first-order chi connectivity index (χ1) is 11.3. The zero-order valence-corrected chi connectivity index (χ0v) is 16.2. The van der Waals surface area contributed by atoms with Gasteiger partial charge in [-0.1, -0.05) is 6.42 Å². The molecule has 10 heteroatoms. The highest BCUT2D eigenvalue weighted by Gasteiger charge is 2.36. The van der Waals surface area contributed by atoms with E-state index in [1.807, 2.05) is 6.92 Å². The van der Waals surface area contributed by atoms with E-state index >= 15 is 0 Å². The first-order valence-electron chi connectivity index (χ1n) is 8.13. The second-order valence-corrected chi connectivity index (χ2v) is 11.5. The van der Waals surface area contributed by atoms with Crippen molar-refractivity contribution in [2.45, 2.75) is 30.4 Å². The Morgan fingerprint density at radius 3 is 1.88 bits per heavy atom. The molecule has 0 aromatic carbocycles. The summed E-state index contributed by atoms with van der Waals surface area (Å²) in [5.41, 5.74) is 0. The third-order valence-corrected chi connectivity index (χ3v) is 9.88. The van der Waals surface area contributed by atoms with Crippen molar-refractivity contribution in [1.29, 1.82) is 0 Å². The van der Waals surface area contributed by atoms with Gasteiger partial charge in [0, 0.05) is 44.1 Å². The van der Waals surface area contributed by atoms with Crippen molar-refractivity contribution < 1.29 is 16.8 Å². The molecular formula is C14H23N3O4S3. The number of sulfonamides is 1. The molecular weight excluding hydrogens is 370 g/mol. The Labute approximate surface area is 148 Å². The summed E-state index contributed by atoms with van der Waals surface area (Å²) in [5.74, 6) is 0. The van der Waals surface area contributed by atoms with Crippen LogP contribution in [0.25, 0.3) is 0 Å². The first kappa shape index (κ1) is 18.3. The molecule has 7 nitrogen and oxygen atoms in total. The van der Waals surface area contributed by atoms with Crippen LogP contribution in [0.15, 0.2) is 16.3 Å². The average Bonchev–Trinajstić information content (AvgIpc) is 3.03. The van der Waals surface area contributed by atoms with Gasteiger partial charge in [0.25, 0.3) is 20.2 Å². The van der Waals surface area contributed by atoms with Crippen molar-refractivity contribution in [3.05, 3.63) is 17.0 Å². The molecule has 1 aromatic rings. The maximum absolute atomic E-state index is 12.7. The number of piperidine rings is 1. The lowest BCUT2D eigenvalue weighted by molar-refractivity contribution is 0.245. The SMILES string of the molecule is Cc1ccc(S(=O)(=O)N2CCN(S(=O)(=O)N3CCCCC3)CC2)s1. The van der Waals surface area contributed by atoms with Crippen molar-refractivity contribution in [3.8, 4) is 0 Å². The molecule has 0 bridgehead atoms. The van der Waals surface area contributed by atoms with Gasteiger partial charge in [-0.25, -0.2) is 8.42 Å². The molecule has 0 N–H and O–H groups in total. The summed E-state index contributed by atoms with van der Waals surface area (Å²) in [5, 5.41) is 0. The maximum atomic E-state index is 12.7. The van der Waals surface area contributed by atoms with Crippen LogP contribution in [0, 0.1) is 6.92 Å². The standard InChI is InChI=1S/C14H23N3O4S3/c1-13-5-6-14(22-13)23(18,19)15-9-11-17(12-10-15)24(20,21)16-7-3-2-4-8-16/h5-6H,2-4,7-12H2,1H3. The third-order valence-electron chi connectivity index (χ3n) is 4.48. The zero-order valence-electron chi connectivity index (χ0n) is 13.7. The molecule has 2 aliphatic heterocycles. The van der Waals surface area contributed by atoms with E-state index in [0.29, 0.717) is 17.3 Å². The van der Waals surface area contributed by atoms with E-state index in [0.717, 1.165) is 24.1 Å². The minimum absolute atomic E-state index is 0.201. The van der Waals surface area contributed by atoms with Crippen LogP contribution in [0.5, 0.6) is 0 Å². The van der Waals surface area contributed by atoms with Crippen LogP contribution < -0.4 is 0 Å². The van der Waals surface area contributed by atoms with Crippen LogP contribution >= 0.6 is 11.3 Å². The zero-order chi connectivity index (χ0) is 17.4. The van der Waals surface area contributed by atoms with Crippen LogP contribution in [-0.4, -0.2) is 69.0 Å². The van der Waals surface area contributed by atoms with Gasteiger partial charge in [0.1, 0.15) is 4.21 Å². The summed E-state index contributed by atoms with van der Waals surface area (Å²) in [4.78, 5) is 0.944. The molecule has 0 radical (unpaired) electrons. The first-order valence-corrected chi connectivity index (χ1v) is 11.8. The molecule has 2 fully saturated rings. The number of nitrogens with zero attached hydrogens (tertiary/aromatic N) is 3. The van der Waals surface area contributed by atoms with E-state index in [4.69, 9.17) is 0 Å². The third kappa shape index (κ3) is 3.54. The van der Waals surface area contributed by atoms with Crippen molar-refractivity contribution in [2.75, 3.05) is 39.3 Å². The molecule has 3 rings (SSSR count). The monoisotopic (exact) mass is 393 g/mol. The predicted octanol–water partition coefficient (Wildman–Crippen LogP) is 1.09.